The van der Waals surface area contributed by atoms with Crippen LogP contribution in [0.2, 0.25) is 0 Å². The van der Waals surface area contributed by atoms with Crippen LogP contribution in [0.25, 0.3) is 5.69 Å². The van der Waals surface area contributed by atoms with Crippen LogP contribution < -0.4 is 4.18 Å². The van der Waals surface area contributed by atoms with Crippen molar-refractivity contribution in [3.63, 3.8) is 0 Å². The molecule has 0 N–H and O–H groups in total. The Bertz CT molecular complexity index is 1170. The molecule has 0 spiro atoms. The van der Waals surface area contributed by atoms with Gasteiger partial charge in [0, 0.05) is 18.2 Å². The number of benzene rings is 2. The fraction of sp³-hybridized carbons (Fsp3) is 0.250. The first-order valence-electron chi connectivity index (χ1n) is 8.95. The average Bonchev–Trinajstić information content (AvgIpc) is 3.05. The van der Waals surface area contributed by atoms with Crippen molar-refractivity contribution in [2.24, 2.45) is 0 Å². The molecule has 0 unspecified atom stereocenters. The van der Waals surface area contributed by atoms with Crippen molar-refractivity contribution >= 4 is 15.8 Å². The number of hydrogen-bond donors (Lipinski definition) is 0. The minimum Gasteiger partial charge on any atom is -0.358 e. The van der Waals surface area contributed by atoms with Gasteiger partial charge >= 0.3 is 10.1 Å². The second kappa shape index (κ2) is 7.67. The molecule has 2 aromatic carbocycles. The van der Waals surface area contributed by atoms with Gasteiger partial charge in [0.2, 0.25) is 5.88 Å². The van der Waals surface area contributed by atoms with E-state index in [1.807, 2.05) is 45.9 Å². The van der Waals surface area contributed by atoms with E-state index in [0.29, 0.717) is 11.4 Å². The van der Waals surface area contributed by atoms with Crippen LogP contribution in [-0.2, 0) is 10.1 Å². The van der Waals surface area contributed by atoms with E-state index >= 15 is 0 Å². The quantitative estimate of drug-likeness (QED) is 0.338. The van der Waals surface area contributed by atoms with Crippen LogP contribution in [0.1, 0.15) is 36.6 Å². The Morgan fingerprint density at radius 2 is 1.72 bits per heavy atom. The van der Waals surface area contributed by atoms with Crippen LogP contribution in [0.15, 0.2) is 53.4 Å². The molecule has 152 valence electrons. The summed E-state index contributed by atoms with van der Waals surface area (Å²) in [5.74, 6) is 0.116. The second-order valence-electron chi connectivity index (χ2n) is 7.05. The summed E-state index contributed by atoms with van der Waals surface area (Å²) < 4.78 is 32.4. The van der Waals surface area contributed by atoms with E-state index in [1.54, 1.807) is 6.07 Å². The lowest BCUT2D eigenvalue weighted by Gasteiger charge is -2.12. The third kappa shape index (κ3) is 4.29. The van der Waals surface area contributed by atoms with Gasteiger partial charge in [0.25, 0.3) is 5.69 Å². The van der Waals surface area contributed by atoms with Crippen molar-refractivity contribution in [2.75, 3.05) is 0 Å². The highest BCUT2D eigenvalue weighted by Gasteiger charge is 2.23. The first kappa shape index (κ1) is 20.5. The van der Waals surface area contributed by atoms with E-state index in [1.165, 1.54) is 4.68 Å². The molecular weight excluding hydrogens is 394 g/mol. The van der Waals surface area contributed by atoms with E-state index < -0.39 is 15.0 Å². The lowest BCUT2D eigenvalue weighted by molar-refractivity contribution is -0.384. The molecule has 1 aromatic heterocycles. The van der Waals surface area contributed by atoms with Crippen molar-refractivity contribution in [1.82, 2.24) is 9.78 Å². The molecule has 1 heterocycles. The highest BCUT2D eigenvalue weighted by atomic mass is 32.2. The summed E-state index contributed by atoms with van der Waals surface area (Å²) in [6.07, 6.45) is 0. The second-order valence-corrected chi connectivity index (χ2v) is 8.60. The lowest BCUT2D eigenvalue weighted by atomic mass is 10.1. The average molecular weight is 415 g/mol. The van der Waals surface area contributed by atoms with E-state index in [2.05, 4.69) is 5.10 Å². The molecule has 8 nitrogen and oxygen atoms in total. The Labute approximate surface area is 169 Å². The van der Waals surface area contributed by atoms with Crippen LogP contribution >= 0.6 is 0 Å². The fourth-order valence-electron chi connectivity index (χ4n) is 2.83. The highest BCUT2D eigenvalue weighted by molar-refractivity contribution is 7.87. The lowest BCUT2D eigenvalue weighted by Crippen LogP contribution is -2.13. The molecule has 0 aliphatic heterocycles. The maximum absolute atomic E-state index is 12.8. The number of nitro benzene ring substituents is 1. The maximum Gasteiger partial charge on any atom is 0.340 e. The molecule has 0 amide bonds. The van der Waals surface area contributed by atoms with Gasteiger partial charge in [0.1, 0.15) is 4.90 Å². The smallest absolute Gasteiger partial charge is 0.340 e. The van der Waals surface area contributed by atoms with E-state index in [9.17, 15) is 18.5 Å². The summed E-state index contributed by atoms with van der Waals surface area (Å²) in [5, 5.41) is 15.3. The summed E-state index contributed by atoms with van der Waals surface area (Å²) in [4.78, 5) is 10.0. The Balaban J connectivity index is 2.04. The first-order valence-corrected chi connectivity index (χ1v) is 10.4. The number of aryl methyl sites for hydroxylation is 2. The van der Waals surface area contributed by atoms with Crippen LogP contribution in [0, 0.1) is 24.0 Å². The summed E-state index contributed by atoms with van der Waals surface area (Å²) in [7, 11) is -4.20. The predicted molar refractivity (Wildman–Crippen MR) is 108 cm³/mol. The highest BCUT2D eigenvalue weighted by Crippen LogP contribution is 2.28. The van der Waals surface area contributed by atoms with Gasteiger partial charge in [-0.3, -0.25) is 10.1 Å². The molecule has 0 radical (unpaired) electrons. The van der Waals surface area contributed by atoms with E-state index in [0.717, 1.165) is 35.4 Å². The number of aromatic nitrogens is 2. The van der Waals surface area contributed by atoms with Crippen molar-refractivity contribution in [2.45, 2.75) is 38.5 Å². The van der Waals surface area contributed by atoms with Gasteiger partial charge < -0.3 is 4.18 Å². The topological polar surface area (TPSA) is 104 Å². The molecular formula is C20H21N3O5S. The third-order valence-corrected chi connectivity index (χ3v) is 5.64. The van der Waals surface area contributed by atoms with Crippen LogP contribution in [0.5, 0.6) is 5.88 Å². The third-order valence-electron chi connectivity index (χ3n) is 4.40. The van der Waals surface area contributed by atoms with Gasteiger partial charge in [0.15, 0.2) is 0 Å². The molecule has 0 saturated heterocycles. The Kier molecular flexibility index (Phi) is 5.43. The number of hydrogen-bond acceptors (Lipinski definition) is 6. The maximum atomic E-state index is 12.8. The molecule has 3 aromatic rings. The number of non-ortho nitro benzene ring substituents is 1. The summed E-state index contributed by atoms with van der Waals surface area (Å²) in [6, 6.07) is 11.9. The molecule has 0 saturated carbocycles. The van der Waals surface area contributed by atoms with Crippen LogP contribution in [-0.4, -0.2) is 23.1 Å². The van der Waals surface area contributed by atoms with Crippen molar-refractivity contribution in [1.29, 1.82) is 0 Å². The summed E-state index contributed by atoms with van der Waals surface area (Å²) in [5.41, 5.74) is 3.17. The molecule has 29 heavy (non-hydrogen) atoms. The van der Waals surface area contributed by atoms with Crippen molar-refractivity contribution in [3.05, 3.63) is 75.5 Å². The fourth-order valence-corrected chi connectivity index (χ4v) is 3.74. The van der Waals surface area contributed by atoms with Gasteiger partial charge in [0.05, 0.1) is 16.3 Å². The SMILES string of the molecule is Cc1ccc(-n2nc(C(C)C)cc2OS(=O)(=O)c2ccc([N+](=O)[O-])cc2)c(C)c1. The van der Waals surface area contributed by atoms with Gasteiger partial charge in [-0.1, -0.05) is 31.5 Å². The predicted octanol–water partition coefficient (Wildman–Crippen LogP) is 4.29. The van der Waals surface area contributed by atoms with Crippen LogP contribution in [0.4, 0.5) is 5.69 Å². The van der Waals surface area contributed by atoms with Gasteiger partial charge in [-0.25, -0.2) is 0 Å². The zero-order chi connectivity index (χ0) is 21.3. The largest absolute Gasteiger partial charge is 0.358 e. The van der Waals surface area contributed by atoms with Crippen molar-refractivity contribution in [3.8, 4) is 11.6 Å². The zero-order valence-electron chi connectivity index (χ0n) is 16.5. The minimum atomic E-state index is -4.20. The van der Waals surface area contributed by atoms with E-state index in [4.69, 9.17) is 4.18 Å². The monoisotopic (exact) mass is 415 g/mol. The summed E-state index contributed by atoms with van der Waals surface area (Å²) in [6.45, 7) is 7.77. The number of nitrogens with zero attached hydrogens (tertiary/aromatic N) is 3. The molecule has 9 heteroatoms. The Morgan fingerprint density at radius 3 is 2.28 bits per heavy atom. The van der Waals surface area contributed by atoms with Crippen molar-refractivity contribution < 1.29 is 17.5 Å². The molecule has 0 fully saturated rings. The van der Waals surface area contributed by atoms with E-state index in [-0.39, 0.29) is 22.4 Å². The normalized spacial score (nSPS) is 11.6. The number of rotatable bonds is 6. The molecule has 0 bridgehead atoms. The Morgan fingerprint density at radius 1 is 1.07 bits per heavy atom. The Hall–Kier alpha value is -3.20. The summed E-state index contributed by atoms with van der Waals surface area (Å²) >= 11 is 0. The standard InChI is InChI=1S/C20H21N3O5S/c1-13(2)18-12-20(22(21-18)19-10-5-14(3)11-15(19)4)28-29(26,27)17-8-6-16(7-9-17)23(24)25/h5-13H,1-4H3. The van der Waals surface area contributed by atoms with Gasteiger partial charge in [-0.15, -0.1) is 0 Å². The molecule has 0 atom stereocenters. The molecule has 0 aliphatic carbocycles. The number of nitro groups is 1. The molecule has 0 aliphatic rings. The minimum absolute atomic E-state index is 0.0546. The zero-order valence-corrected chi connectivity index (χ0v) is 17.3. The van der Waals surface area contributed by atoms with Crippen LogP contribution in [0.3, 0.4) is 0 Å². The van der Waals surface area contributed by atoms with Gasteiger partial charge in [-0.2, -0.15) is 18.2 Å². The van der Waals surface area contributed by atoms with Gasteiger partial charge in [-0.05, 0) is 43.5 Å². The molecule has 3 rings (SSSR count). The first-order chi connectivity index (χ1) is 13.6.